The largest absolute Gasteiger partial charge is 0.495 e. The Morgan fingerprint density at radius 2 is 2.24 bits per heavy atom. The number of allylic oxidation sites excluding steroid dienone is 2. The minimum atomic E-state index is -0.0510. The van der Waals surface area contributed by atoms with Gasteiger partial charge in [0.2, 0.25) is 0 Å². The van der Waals surface area contributed by atoms with E-state index < -0.39 is 0 Å². The van der Waals surface area contributed by atoms with E-state index in [0.717, 1.165) is 59.4 Å². The van der Waals surface area contributed by atoms with Crippen LogP contribution in [0.5, 0.6) is 5.75 Å². The fraction of sp³-hybridized carbons (Fsp3) is 0.476. The van der Waals surface area contributed by atoms with Gasteiger partial charge in [0.25, 0.3) is 0 Å². The van der Waals surface area contributed by atoms with Crippen LogP contribution in [0.1, 0.15) is 25.3 Å². The number of hydrogen-bond acceptors (Lipinski definition) is 3. The van der Waals surface area contributed by atoms with Crippen LogP contribution < -0.4 is 10.1 Å². The molecule has 0 radical (unpaired) electrons. The Bertz CT molecular complexity index is 855. The first-order valence-electron chi connectivity index (χ1n) is 9.22. The minimum Gasteiger partial charge on any atom is -0.495 e. The molecule has 2 fully saturated rings. The fourth-order valence-electron chi connectivity index (χ4n) is 6.28. The fourth-order valence-corrected chi connectivity index (χ4v) is 6.28. The topological polar surface area (TPSA) is 38.3 Å². The quantitative estimate of drug-likeness (QED) is 0.512. The zero-order chi connectivity index (χ0) is 17.4. The van der Waals surface area contributed by atoms with Crippen molar-refractivity contribution in [1.82, 2.24) is 0 Å². The number of likely N-dealkylation sites (N-methyl/N-ethyl adjacent to an activating group) is 1. The Morgan fingerprint density at radius 3 is 2.96 bits per heavy atom. The van der Waals surface area contributed by atoms with Gasteiger partial charge in [-0.2, -0.15) is 0 Å². The lowest BCUT2D eigenvalue weighted by atomic mass is 9.61. The standard InChI is InChI=1S/C21H24N2O2/c1-4-13-11-23(2)9-8-21-16-6-5-7-17(25-3)19(16)22-20(21)15(12-24)14(13)10-18(21)23/h4-7,12,14,18H,8-11H2,1-3H3/p+1/b13-4+/t14-,18-,21+,23?/m1/s1. The van der Waals surface area contributed by atoms with Crippen molar-refractivity contribution >= 4 is 12.0 Å². The Kier molecular flexibility index (Phi) is 2.89. The van der Waals surface area contributed by atoms with Gasteiger partial charge in [-0.15, -0.1) is 0 Å². The molecule has 3 aliphatic heterocycles. The second-order valence-electron chi connectivity index (χ2n) is 8.21. The number of piperidine rings is 1. The van der Waals surface area contributed by atoms with E-state index in [-0.39, 0.29) is 11.3 Å². The molecule has 3 heterocycles. The average Bonchev–Trinajstić information content (AvgIpc) is 3.14. The molecule has 1 spiro atoms. The molecular weight excluding hydrogens is 312 g/mol. The molecule has 1 aliphatic carbocycles. The van der Waals surface area contributed by atoms with Crippen LogP contribution in [0.2, 0.25) is 0 Å². The van der Waals surface area contributed by atoms with Gasteiger partial charge in [0.1, 0.15) is 24.6 Å². The van der Waals surface area contributed by atoms with Crippen LogP contribution in [0, 0.1) is 5.92 Å². The predicted octanol–water partition coefficient (Wildman–Crippen LogP) is 3.01. The van der Waals surface area contributed by atoms with Crippen LogP contribution in [0.25, 0.3) is 0 Å². The van der Waals surface area contributed by atoms with Crippen LogP contribution in [0.15, 0.2) is 41.1 Å². The smallest absolute Gasteiger partial charge is 0.148 e. The van der Waals surface area contributed by atoms with E-state index in [1.165, 1.54) is 11.1 Å². The van der Waals surface area contributed by atoms with Crippen molar-refractivity contribution in [2.24, 2.45) is 5.92 Å². The zero-order valence-corrected chi connectivity index (χ0v) is 15.1. The number of hydrogen-bond donors (Lipinski definition) is 1. The highest BCUT2D eigenvalue weighted by atomic mass is 16.5. The summed E-state index contributed by atoms with van der Waals surface area (Å²) >= 11 is 0. The van der Waals surface area contributed by atoms with E-state index in [4.69, 9.17) is 4.74 Å². The van der Waals surface area contributed by atoms with Crippen molar-refractivity contribution in [2.45, 2.75) is 31.2 Å². The van der Waals surface area contributed by atoms with E-state index in [2.05, 4.69) is 37.5 Å². The molecule has 1 N–H and O–H groups in total. The lowest BCUT2D eigenvalue weighted by molar-refractivity contribution is -0.923. The molecule has 130 valence electrons. The number of para-hydroxylation sites is 1. The molecule has 0 aromatic heterocycles. The highest BCUT2D eigenvalue weighted by molar-refractivity contribution is 5.86. The molecule has 25 heavy (non-hydrogen) atoms. The van der Waals surface area contributed by atoms with Crippen molar-refractivity contribution < 1.29 is 14.0 Å². The first-order chi connectivity index (χ1) is 12.1. The molecule has 0 saturated carbocycles. The number of anilines is 1. The third-order valence-corrected chi connectivity index (χ3v) is 7.37. The normalized spacial score (nSPS) is 39.1. The van der Waals surface area contributed by atoms with E-state index in [0.29, 0.717) is 6.04 Å². The highest BCUT2D eigenvalue weighted by Gasteiger charge is 2.67. The number of ether oxygens (including phenoxy) is 1. The van der Waals surface area contributed by atoms with Crippen LogP contribution in [0.3, 0.4) is 0 Å². The van der Waals surface area contributed by atoms with Crippen molar-refractivity contribution in [3.8, 4) is 5.75 Å². The molecule has 1 aromatic rings. The lowest BCUT2D eigenvalue weighted by Crippen LogP contribution is -2.61. The van der Waals surface area contributed by atoms with Gasteiger partial charge >= 0.3 is 0 Å². The Hall–Kier alpha value is -2.07. The molecule has 0 amide bonds. The third kappa shape index (κ3) is 1.59. The Balaban J connectivity index is 1.84. The predicted molar refractivity (Wildman–Crippen MR) is 97.6 cm³/mol. The minimum absolute atomic E-state index is 0.0510. The van der Waals surface area contributed by atoms with Crippen LogP contribution >= 0.6 is 0 Å². The van der Waals surface area contributed by atoms with Crippen molar-refractivity contribution in [3.63, 3.8) is 0 Å². The van der Waals surface area contributed by atoms with Gasteiger partial charge in [-0.05, 0) is 24.1 Å². The summed E-state index contributed by atoms with van der Waals surface area (Å²) in [6.45, 7) is 4.34. The van der Waals surface area contributed by atoms with Crippen molar-refractivity contribution in [2.75, 3.05) is 32.6 Å². The Morgan fingerprint density at radius 1 is 1.40 bits per heavy atom. The van der Waals surface area contributed by atoms with E-state index in [9.17, 15) is 4.79 Å². The van der Waals surface area contributed by atoms with Gasteiger partial charge in [-0.3, -0.25) is 4.79 Å². The molecule has 5 rings (SSSR count). The van der Waals surface area contributed by atoms with Crippen molar-refractivity contribution in [1.29, 1.82) is 0 Å². The number of fused-ring (bicyclic) bond motifs is 2. The van der Waals surface area contributed by atoms with Gasteiger partial charge in [0.05, 0.1) is 31.8 Å². The maximum absolute atomic E-state index is 12.2. The van der Waals surface area contributed by atoms with E-state index in [1.54, 1.807) is 7.11 Å². The summed E-state index contributed by atoms with van der Waals surface area (Å²) in [4.78, 5) is 12.2. The summed E-state index contributed by atoms with van der Waals surface area (Å²) in [5.74, 6) is 1.15. The molecule has 2 bridgehead atoms. The molecule has 1 unspecified atom stereocenters. The molecule has 2 saturated heterocycles. The molecule has 4 atom stereocenters. The zero-order valence-electron chi connectivity index (χ0n) is 15.1. The number of carbonyl (C=O) groups excluding carboxylic acids is 1. The number of aldehydes is 1. The Labute approximate surface area is 148 Å². The van der Waals surface area contributed by atoms with Gasteiger partial charge in [-0.1, -0.05) is 18.2 Å². The number of rotatable bonds is 2. The SMILES string of the molecule is C/C=C1\C[N+]2(C)CC[C@@]34C(=C(C=O)[C@@H]1C[C@H]32)Nc1c(OC)cccc14. The molecule has 4 aliphatic rings. The first-order valence-corrected chi connectivity index (χ1v) is 9.22. The summed E-state index contributed by atoms with van der Waals surface area (Å²) in [7, 11) is 4.12. The lowest BCUT2D eigenvalue weighted by Gasteiger charge is -2.51. The first kappa shape index (κ1) is 15.2. The van der Waals surface area contributed by atoms with Crippen LogP contribution in [0.4, 0.5) is 5.69 Å². The molecular formula is C21H25N2O2+. The van der Waals surface area contributed by atoms with Crippen LogP contribution in [-0.4, -0.2) is 44.1 Å². The molecule has 4 nitrogen and oxygen atoms in total. The van der Waals surface area contributed by atoms with Gasteiger partial charge < -0.3 is 14.5 Å². The summed E-state index contributed by atoms with van der Waals surface area (Å²) in [5.41, 5.74) is 5.90. The summed E-state index contributed by atoms with van der Waals surface area (Å²) in [6.07, 6.45) is 5.52. The second kappa shape index (κ2) is 4.76. The monoisotopic (exact) mass is 337 g/mol. The number of methoxy groups -OCH3 is 1. The second-order valence-corrected chi connectivity index (χ2v) is 8.21. The number of nitrogens with one attached hydrogen (secondary N) is 1. The van der Waals surface area contributed by atoms with E-state index >= 15 is 0 Å². The average molecular weight is 337 g/mol. The summed E-state index contributed by atoms with van der Waals surface area (Å²) in [6, 6.07) is 6.86. The number of benzene rings is 1. The number of quaternary nitrogens is 1. The maximum atomic E-state index is 12.2. The summed E-state index contributed by atoms with van der Waals surface area (Å²) < 4.78 is 6.71. The van der Waals surface area contributed by atoms with Gasteiger partial charge in [0.15, 0.2) is 0 Å². The van der Waals surface area contributed by atoms with Gasteiger partial charge in [0, 0.05) is 30.0 Å². The van der Waals surface area contributed by atoms with Gasteiger partial charge in [-0.25, -0.2) is 0 Å². The molecule has 4 heteroatoms. The summed E-state index contributed by atoms with van der Waals surface area (Å²) in [5, 5.41) is 3.65. The maximum Gasteiger partial charge on any atom is 0.148 e. The number of nitrogens with zero attached hydrogens (tertiary/aromatic N) is 1. The molecule has 1 aromatic carbocycles. The van der Waals surface area contributed by atoms with E-state index in [1.807, 2.05) is 6.07 Å². The number of carbonyl (C=O) groups is 1. The van der Waals surface area contributed by atoms with Crippen LogP contribution in [-0.2, 0) is 10.2 Å². The van der Waals surface area contributed by atoms with Crippen molar-refractivity contribution in [3.05, 3.63) is 46.7 Å². The third-order valence-electron chi connectivity index (χ3n) is 7.37. The highest BCUT2D eigenvalue weighted by Crippen LogP contribution is 2.63.